The monoisotopic (exact) mass is 326 g/mol. The van der Waals surface area contributed by atoms with Gasteiger partial charge in [0.25, 0.3) is 11.8 Å². The minimum atomic E-state index is -0.277. The van der Waals surface area contributed by atoms with Gasteiger partial charge in [-0.3, -0.25) is 9.59 Å². The van der Waals surface area contributed by atoms with Crippen LogP contribution in [0.4, 0.5) is 5.69 Å². The number of anilines is 1. The molecule has 0 unspecified atom stereocenters. The van der Waals surface area contributed by atoms with E-state index in [2.05, 4.69) is 5.32 Å². The lowest BCUT2D eigenvalue weighted by atomic mass is 10.1. The maximum atomic E-state index is 12.5. The van der Waals surface area contributed by atoms with Crippen molar-refractivity contribution in [1.29, 1.82) is 0 Å². The normalized spacial score (nSPS) is 10.4. The van der Waals surface area contributed by atoms with Crippen molar-refractivity contribution in [2.75, 3.05) is 19.4 Å². The van der Waals surface area contributed by atoms with Crippen LogP contribution in [0.5, 0.6) is 5.75 Å². The van der Waals surface area contributed by atoms with Gasteiger partial charge in [0.1, 0.15) is 5.75 Å². The van der Waals surface area contributed by atoms with Crippen molar-refractivity contribution in [2.24, 2.45) is 0 Å². The summed E-state index contributed by atoms with van der Waals surface area (Å²) in [4.78, 5) is 26.1. The van der Waals surface area contributed by atoms with Gasteiger partial charge in [-0.15, -0.1) is 0 Å². The first-order valence-corrected chi connectivity index (χ1v) is 7.77. The number of carbonyl (C=O) groups is 2. The summed E-state index contributed by atoms with van der Waals surface area (Å²) in [6.07, 6.45) is -0.0278. The largest absolute Gasteiger partial charge is 0.490 e. The zero-order chi connectivity index (χ0) is 17.7. The molecule has 5 heteroatoms. The van der Waals surface area contributed by atoms with Crippen LogP contribution in [0.25, 0.3) is 0 Å². The molecule has 2 amide bonds. The highest BCUT2D eigenvalue weighted by atomic mass is 16.5. The number of ether oxygens (including phenoxy) is 1. The van der Waals surface area contributed by atoms with Gasteiger partial charge in [-0.05, 0) is 44.2 Å². The van der Waals surface area contributed by atoms with E-state index in [9.17, 15) is 9.59 Å². The number of rotatable bonds is 5. The Balaban J connectivity index is 2.22. The van der Waals surface area contributed by atoms with Crippen molar-refractivity contribution < 1.29 is 14.3 Å². The first-order valence-electron chi connectivity index (χ1n) is 7.77. The van der Waals surface area contributed by atoms with Crippen molar-refractivity contribution in [3.05, 3.63) is 59.7 Å². The quantitative estimate of drug-likeness (QED) is 0.916. The Bertz CT molecular complexity index is 739. The summed E-state index contributed by atoms with van der Waals surface area (Å²) < 4.78 is 5.68. The molecule has 0 saturated carbocycles. The number of para-hydroxylation sites is 1. The lowest BCUT2D eigenvalue weighted by Crippen LogP contribution is -2.22. The van der Waals surface area contributed by atoms with E-state index in [1.165, 1.54) is 4.90 Å². The molecule has 0 atom stereocenters. The number of hydrogen-bond donors (Lipinski definition) is 1. The molecule has 0 aliphatic carbocycles. The minimum Gasteiger partial charge on any atom is -0.490 e. The summed E-state index contributed by atoms with van der Waals surface area (Å²) in [6, 6.07) is 13.9. The van der Waals surface area contributed by atoms with Crippen LogP contribution < -0.4 is 10.1 Å². The third kappa shape index (κ3) is 4.35. The molecule has 2 aromatic carbocycles. The second-order valence-electron chi connectivity index (χ2n) is 5.90. The Kier molecular flexibility index (Phi) is 5.58. The van der Waals surface area contributed by atoms with Crippen molar-refractivity contribution in [3.8, 4) is 5.75 Å². The molecule has 24 heavy (non-hydrogen) atoms. The Hall–Kier alpha value is -2.82. The van der Waals surface area contributed by atoms with Crippen LogP contribution in [0.2, 0.25) is 0 Å². The molecule has 0 spiro atoms. The van der Waals surface area contributed by atoms with Crippen molar-refractivity contribution >= 4 is 17.5 Å². The fraction of sp³-hybridized carbons (Fsp3) is 0.263. The van der Waals surface area contributed by atoms with Gasteiger partial charge in [0, 0.05) is 25.3 Å². The third-order valence-corrected chi connectivity index (χ3v) is 3.27. The third-order valence-electron chi connectivity index (χ3n) is 3.27. The smallest absolute Gasteiger partial charge is 0.259 e. The highest BCUT2D eigenvalue weighted by Gasteiger charge is 2.14. The van der Waals surface area contributed by atoms with Crippen LogP contribution in [0, 0.1) is 0 Å². The van der Waals surface area contributed by atoms with E-state index in [1.807, 2.05) is 19.9 Å². The summed E-state index contributed by atoms with van der Waals surface area (Å²) in [5.74, 6) is 0.140. The number of carbonyl (C=O) groups excluding carboxylic acids is 2. The van der Waals surface area contributed by atoms with Gasteiger partial charge >= 0.3 is 0 Å². The molecule has 0 aliphatic heterocycles. The van der Waals surface area contributed by atoms with Gasteiger partial charge in [0.15, 0.2) is 0 Å². The molecule has 2 rings (SSSR count). The zero-order valence-electron chi connectivity index (χ0n) is 14.4. The van der Waals surface area contributed by atoms with Crippen molar-refractivity contribution in [3.63, 3.8) is 0 Å². The molecule has 0 aromatic heterocycles. The van der Waals surface area contributed by atoms with Gasteiger partial charge < -0.3 is 15.0 Å². The molecule has 0 aliphatic rings. The van der Waals surface area contributed by atoms with E-state index in [1.54, 1.807) is 56.6 Å². The highest BCUT2D eigenvalue weighted by molar-refractivity contribution is 6.06. The lowest BCUT2D eigenvalue weighted by molar-refractivity contribution is 0.0827. The average molecular weight is 326 g/mol. The Labute approximate surface area is 142 Å². The zero-order valence-corrected chi connectivity index (χ0v) is 14.4. The Morgan fingerprint density at radius 3 is 2.42 bits per heavy atom. The first kappa shape index (κ1) is 17.5. The topological polar surface area (TPSA) is 58.6 Å². The minimum absolute atomic E-state index is 0.0278. The van der Waals surface area contributed by atoms with E-state index in [0.29, 0.717) is 22.6 Å². The van der Waals surface area contributed by atoms with Gasteiger partial charge in [-0.25, -0.2) is 0 Å². The first-order chi connectivity index (χ1) is 11.4. The Morgan fingerprint density at radius 2 is 1.75 bits per heavy atom. The fourth-order valence-corrected chi connectivity index (χ4v) is 2.20. The molecule has 2 aromatic rings. The van der Waals surface area contributed by atoms with Crippen LogP contribution >= 0.6 is 0 Å². The van der Waals surface area contributed by atoms with Crippen LogP contribution in [0.15, 0.2) is 48.5 Å². The molecular formula is C19H22N2O3. The van der Waals surface area contributed by atoms with E-state index in [-0.39, 0.29) is 17.9 Å². The van der Waals surface area contributed by atoms with Crippen LogP contribution in [0.1, 0.15) is 34.6 Å². The van der Waals surface area contributed by atoms with Crippen LogP contribution in [-0.2, 0) is 0 Å². The molecular weight excluding hydrogens is 304 g/mol. The Morgan fingerprint density at radius 1 is 1.04 bits per heavy atom. The lowest BCUT2D eigenvalue weighted by Gasteiger charge is -2.15. The van der Waals surface area contributed by atoms with Gasteiger partial charge in [0.05, 0.1) is 11.7 Å². The summed E-state index contributed by atoms with van der Waals surface area (Å²) in [6.45, 7) is 3.82. The van der Waals surface area contributed by atoms with Crippen LogP contribution in [-0.4, -0.2) is 36.9 Å². The van der Waals surface area contributed by atoms with E-state index < -0.39 is 0 Å². The number of hydrogen-bond acceptors (Lipinski definition) is 3. The summed E-state index contributed by atoms with van der Waals surface area (Å²) in [7, 11) is 3.38. The van der Waals surface area contributed by atoms with E-state index >= 15 is 0 Å². The molecule has 0 heterocycles. The number of benzene rings is 2. The highest BCUT2D eigenvalue weighted by Crippen LogP contribution is 2.21. The maximum Gasteiger partial charge on any atom is 0.259 e. The summed E-state index contributed by atoms with van der Waals surface area (Å²) in [5, 5.41) is 2.82. The second-order valence-corrected chi connectivity index (χ2v) is 5.90. The van der Waals surface area contributed by atoms with Crippen molar-refractivity contribution in [2.45, 2.75) is 20.0 Å². The molecule has 126 valence electrons. The fourth-order valence-electron chi connectivity index (χ4n) is 2.20. The molecule has 0 bridgehead atoms. The molecule has 1 N–H and O–H groups in total. The predicted octanol–water partition coefficient (Wildman–Crippen LogP) is 3.43. The predicted molar refractivity (Wildman–Crippen MR) is 94.6 cm³/mol. The van der Waals surface area contributed by atoms with Gasteiger partial charge in [-0.1, -0.05) is 18.2 Å². The summed E-state index contributed by atoms with van der Waals surface area (Å²) >= 11 is 0. The van der Waals surface area contributed by atoms with E-state index in [0.717, 1.165) is 0 Å². The molecule has 0 fully saturated rings. The average Bonchev–Trinajstić information content (AvgIpc) is 2.54. The van der Waals surface area contributed by atoms with E-state index in [4.69, 9.17) is 4.74 Å². The molecule has 0 saturated heterocycles. The summed E-state index contributed by atoms with van der Waals surface area (Å²) in [5.41, 5.74) is 1.53. The molecule has 0 radical (unpaired) electrons. The second kappa shape index (κ2) is 7.64. The number of nitrogens with zero attached hydrogens (tertiary/aromatic N) is 1. The molecule has 5 nitrogen and oxygen atoms in total. The SMILES string of the molecule is CC(C)Oc1ccccc1C(=O)Nc1cccc(C(=O)N(C)C)c1. The standard InChI is InChI=1S/C19H22N2O3/c1-13(2)24-17-11-6-5-10-16(17)18(22)20-15-9-7-8-14(12-15)19(23)21(3)4/h5-13H,1-4H3,(H,20,22). The maximum absolute atomic E-state index is 12.5. The number of amides is 2. The van der Waals surface area contributed by atoms with Gasteiger partial charge in [-0.2, -0.15) is 0 Å². The van der Waals surface area contributed by atoms with Crippen molar-refractivity contribution in [1.82, 2.24) is 4.90 Å². The number of nitrogens with one attached hydrogen (secondary N) is 1. The van der Waals surface area contributed by atoms with Crippen LogP contribution in [0.3, 0.4) is 0 Å². The van der Waals surface area contributed by atoms with Gasteiger partial charge in [0.2, 0.25) is 0 Å².